The minimum Gasteiger partial charge on any atom is -0.271 e. The molecule has 0 aliphatic carbocycles. The summed E-state index contributed by atoms with van der Waals surface area (Å²) in [5, 5.41) is 1.91. The average Bonchev–Trinajstić information content (AvgIpc) is 2.47. The van der Waals surface area contributed by atoms with Gasteiger partial charge in [0.25, 0.3) is 0 Å². The van der Waals surface area contributed by atoms with Gasteiger partial charge in [-0.05, 0) is 26.0 Å². The van der Waals surface area contributed by atoms with E-state index in [9.17, 15) is 0 Å². The number of nitrogens with zero attached hydrogens (tertiary/aromatic N) is 1. The second-order valence-corrected chi connectivity index (χ2v) is 5.43. The predicted octanol–water partition coefficient (Wildman–Crippen LogP) is 3.61. The molecule has 1 aliphatic heterocycles. The SMILES string of the molecule is CC1(C)CSC(c2ccc(Cl)cc2)=N1. The van der Waals surface area contributed by atoms with Crippen LogP contribution in [0.1, 0.15) is 19.4 Å². The van der Waals surface area contributed by atoms with Gasteiger partial charge in [0.2, 0.25) is 0 Å². The molecule has 0 fully saturated rings. The highest BCUT2D eigenvalue weighted by molar-refractivity contribution is 8.14. The number of hydrogen-bond acceptors (Lipinski definition) is 2. The molecule has 0 aromatic heterocycles. The zero-order valence-corrected chi connectivity index (χ0v) is 9.82. The van der Waals surface area contributed by atoms with Crippen LogP contribution >= 0.6 is 23.4 Å². The normalized spacial score (nSPS) is 19.5. The van der Waals surface area contributed by atoms with Gasteiger partial charge in [0.1, 0.15) is 0 Å². The van der Waals surface area contributed by atoms with Crippen molar-refractivity contribution in [1.29, 1.82) is 0 Å². The molecule has 0 bridgehead atoms. The molecular formula is C11H12ClNS. The zero-order chi connectivity index (χ0) is 10.2. The van der Waals surface area contributed by atoms with Gasteiger partial charge in [-0.3, -0.25) is 4.99 Å². The van der Waals surface area contributed by atoms with Gasteiger partial charge in [-0.1, -0.05) is 23.7 Å². The third-order valence-corrected chi connectivity index (χ3v) is 3.76. The Labute approximate surface area is 93.6 Å². The highest BCUT2D eigenvalue weighted by Crippen LogP contribution is 2.30. The first-order chi connectivity index (χ1) is 6.57. The van der Waals surface area contributed by atoms with E-state index >= 15 is 0 Å². The molecule has 1 heterocycles. The molecule has 0 amide bonds. The lowest BCUT2D eigenvalue weighted by molar-refractivity contribution is 0.605. The second kappa shape index (κ2) is 3.59. The molecule has 0 spiro atoms. The third-order valence-electron chi connectivity index (χ3n) is 2.06. The van der Waals surface area contributed by atoms with Gasteiger partial charge in [-0.15, -0.1) is 11.8 Å². The lowest BCUT2D eigenvalue weighted by atomic mass is 10.1. The molecule has 14 heavy (non-hydrogen) atoms. The first-order valence-electron chi connectivity index (χ1n) is 4.55. The quantitative estimate of drug-likeness (QED) is 0.711. The molecule has 0 atom stereocenters. The minimum atomic E-state index is 0.0830. The summed E-state index contributed by atoms with van der Waals surface area (Å²) in [5.41, 5.74) is 1.25. The van der Waals surface area contributed by atoms with E-state index in [4.69, 9.17) is 11.6 Å². The maximum absolute atomic E-state index is 5.83. The largest absolute Gasteiger partial charge is 0.271 e. The van der Waals surface area contributed by atoms with Crippen molar-refractivity contribution < 1.29 is 0 Å². The molecule has 0 radical (unpaired) electrons. The maximum Gasteiger partial charge on any atom is 0.0984 e. The van der Waals surface area contributed by atoms with Crippen molar-refractivity contribution in [3.63, 3.8) is 0 Å². The molecular weight excluding hydrogens is 214 g/mol. The molecule has 0 saturated carbocycles. The summed E-state index contributed by atoms with van der Waals surface area (Å²) in [6, 6.07) is 7.86. The number of hydrogen-bond donors (Lipinski definition) is 0. The fourth-order valence-corrected chi connectivity index (χ4v) is 2.62. The monoisotopic (exact) mass is 225 g/mol. The smallest absolute Gasteiger partial charge is 0.0984 e. The van der Waals surface area contributed by atoms with Crippen LogP contribution in [0.25, 0.3) is 0 Å². The lowest BCUT2D eigenvalue weighted by Gasteiger charge is -2.09. The van der Waals surface area contributed by atoms with Gasteiger partial charge >= 0.3 is 0 Å². The second-order valence-electron chi connectivity index (χ2n) is 4.02. The number of halogens is 1. The van der Waals surface area contributed by atoms with Crippen LogP contribution in [0.5, 0.6) is 0 Å². The predicted molar refractivity (Wildman–Crippen MR) is 64.5 cm³/mol. The van der Waals surface area contributed by atoms with Crippen LogP contribution in [-0.2, 0) is 0 Å². The van der Waals surface area contributed by atoms with E-state index in [0.717, 1.165) is 15.8 Å². The first-order valence-corrected chi connectivity index (χ1v) is 5.92. The van der Waals surface area contributed by atoms with E-state index in [1.807, 2.05) is 36.0 Å². The molecule has 0 unspecified atom stereocenters. The van der Waals surface area contributed by atoms with Crippen LogP contribution in [0, 0.1) is 0 Å². The minimum absolute atomic E-state index is 0.0830. The summed E-state index contributed by atoms with van der Waals surface area (Å²) < 4.78 is 0. The van der Waals surface area contributed by atoms with E-state index in [-0.39, 0.29) is 5.54 Å². The van der Waals surface area contributed by atoms with E-state index in [0.29, 0.717) is 0 Å². The Bertz CT molecular complexity index is 367. The van der Waals surface area contributed by atoms with Crippen molar-refractivity contribution >= 4 is 28.4 Å². The topological polar surface area (TPSA) is 12.4 Å². The number of benzene rings is 1. The van der Waals surface area contributed by atoms with Gasteiger partial charge < -0.3 is 0 Å². The molecule has 2 rings (SSSR count). The van der Waals surface area contributed by atoms with Gasteiger partial charge in [0.15, 0.2) is 0 Å². The summed E-state index contributed by atoms with van der Waals surface area (Å²) in [7, 11) is 0. The van der Waals surface area contributed by atoms with Crippen LogP contribution in [0.15, 0.2) is 29.3 Å². The highest BCUT2D eigenvalue weighted by atomic mass is 35.5. The van der Waals surface area contributed by atoms with E-state index < -0.39 is 0 Å². The Morgan fingerprint density at radius 1 is 1.29 bits per heavy atom. The Morgan fingerprint density at radius 3 is 2.43 bits per heavy atom. The van der Waals surface area contributed by atoms with Crippen molar-refractivity contribution in [2.24, 2.45) is 4.99 Å². The van der Waals surface area contributed by atoms with E-state index in [1.165, 1.54) is 5.56 Å². The molecule has 1 aliphatic rings. The Kier molecular flexibility index (Phi) is 2.58. The van der Waals surface area contributed by atoms with Crippen LogP contribution in [-0.4, -0.2) is 16.3 Å². The molecule has 0 saturated heterocycles. The van der Waals surface area contributed by atoms with Crippen molar-refractivity contribution in [3.05, 3.63) is 34.9 Å². The van der Waals surface area contributed by atoms with Crippen LogP contribution in [0.3, 0.4) is 0 Å². The van der Waals surface area contributed by atoms with Gasteiger partial charge in [0, 0.05) is 16.3 Å². The van der Waals surface area contributed by atoms with Crippen molar-refractivity contribution in [1.82, 2.24) is 0 Å². The van der Waals surface area contributed by atoms with Crippen LogP contribution in [0.4, 0.5) is 0 Å². The Morgan fingerprint density at radius 2 is 1.93 bits per heavy atom. The van der Waals surface area contributed by atoms with E-state index in [1.54, 1.807) is 0 Å². The molecule has 3 heteroatoms. The fourth-order valence-electron chi connectivity index (χ4n) is 1.32. The summed E-state index contributed by atoms with van der Waals surface area (Å²) in [4.78, 5) is 4.66. The summed E-state index contributed by atoms with van der Waals surface area (Å²) in [5.74, 6) is 1.06. The van der Waals surface area contributed by atoms with Crippen molar-refractivity contribution in [3.8, 4) is 0 Å². The zero-order valence-electron chi connectivity index (χ0n) is 8.25. The van der Waals surface area contributed by atoms with Crippen molar-refractivity contribution in [2.75, 3.05) is 5.75 Å². The first kappa shape index (κ1) is 10.1. The van der Waals surface area contributed by atoms with Gasteiger partial charge in [-0.25, -0.2) is 0 Å². The van der Waals surface area contributed by atoms with Gasteiger partial charge in [-0.2, -0.15) is 0 Å². The number of thioether (sulfide) groups is 1. The van der Waals surface area contributed by atoms with E-state index in [2.05, 4.69) is 18.8 Å². The Balaban J connectivity index is 2.29. The number of rotatable bonds is 1. The Hall–Kier alpha value is -0.470. The number of aliphatic imine (C=N–C) groups is 1. The average molecular weight is 226 g/mol. The summed E-state index contributed by atoms with van der Waals surface area (Å²) >= 11 is 7.64. The van der Waals surface area contributed by atoms with Gasteiger partial charge in [0.05, 0.1) is 10.6 Å². The highest BCUT2D eigenvalue weighted by Gasteiger charge is 2.25. The molecule has 74 valence electrons. The summed E-state index contributed by atoms with van der Waals surface area (Å²) in [6.45, 7) is 4.31. The molecule has 0 N–H and O–H groups in total. The third kappa shape index (κ3) is 2.12. The van der Waals surface area contributed by atoms with Crippen molar-refractivity contribution in [2.45, 2.75) is 19.4 Å². The molecule has 1 aromatic rings. The molecule has 1 aromatic carbocycles. The standard InChI is InChI=1S/C11H12ClNS/c1-11(2)7-14-10(13-11)8-3-5-9(12)6-4-8/h3-6H,7H2,1-2H3. The lowest BCUT2D eigenvalue weighted by Crippen LogP contribution is -2.15. The van der Waals surface area contributed by atoms with Crippen LogP contribution < -0.4 is 0 Å². The molecule has 1 nitrogen and oxygen atoms in total. The summed E-state index contributed by atoms with van der Waals surface area (Å²) in [6.07, 6.45) is 0. The fraction of sp³-hybridized carbons (Fsp3) is 0.364. The maximum atomic E-state index is 5.83. The van der Waals surface area contributed by atoms with Crippen LogP contribution in [0.2, 0.25) is 5.02 Å².